The summed E-state index contributed by atoms with van der Waals surface area (Å²) in [5, 5.41) is 2.84. The first kappa shape index (κ1) is 12.6. The van der Waals surface area contributed by atoms with Crippen LogP contribution in [0.4, 0.5) is 5.82 Å². The Kier molecular flexibility index (Phi) is 3.32. The number of amides is 1. The number of carbonyl (C=O) groups is 1. The Balaban J connectivity index is 1.76. The minimum Gasteiger partial charge on any atom is -0.467 e. The van der Waals surface area contributed by atoms with Crippen LogP contribution in [0.1, 0.15) is 29.0 Å². The molecule has 104 valence electrons. The highest BCUT2D eigenvalue weighted by atomic mass is 16.5. The van der Waals surface area contributed by atoms with E-state index in [1.165, 1.54) is 19.5 Å². The Hall–Kier alpha value is -2.44. The van der Waals surface area contributed by atoms with Crippen LogP contribution < -0.4 is 10.1 Å². The quantitative estimate of drug-likeness (QED) is 0.910. The normalized spacial score (nSPS) is 13.7. The number of aryl methyl sites for hydroxylation is 1. The molecule has 0 radical (unpaired) electrons. The first-order valence-corrected chi connectivity index (χ1v) is 6.49. The van der Waals surface area contributed by atoms with Crippen LogP contribution >= 0.6 is 0 Å². The summed E-state index contributed by atoms with van der Waals surface area (Å²) in [4.78, 5) is 24.3. The topological polar surface area (TPSA) is 81.9 Å². The van der Waals surface area contributed by atoms with E-state index < -0.39 is 0 Å². The second-order valence-corrected chi connectivity index (χ2v) is 4.58. The van der Waals surface area contributed by atoms with Gasteiger partial charge in [0.1, 0.15) is 11.6 Å². The summed E-state index contributed by atoms with van der Waals surface area (Å²) >= 11 is 0. The summed E-state index contributed by atoms with van der Waals surface area (Å²) in [5.74, 6) is 1.50. The van der Waals surface area contributed by atoms with Crippen LogP contribution in [0.25, 0.3) is 0 Å². The van der Waals surface area contributed by atoms with Gasteiger partial charge in [-0.1, -0.05) is 0 Å². The van der Waals surface area contributed by atoms with Crippen LogP contribution in [-0.4, -0.2) is 32.5 Å². The maximum Gasteiger partial charge on any atom is 0.316 e. The number of rotatable bonds is 3. The molecule has 20 heavy (non-hydrogen) atoms. The third-order valence-electron chi connectivity index (χ3n) is 3.28. The number of ether oxygens (including phenoxy) is 1. The van der Waals surface area contributed by atoms with Gasteiger partial charge in [-0.05, 0) is 12.8 Å². The second kappa shape index (κ2) is 5.28. The molecule has 1 aliphatic rings. The molecule has 2 aromatic heterocycles. The number of carbonyl (C=O) groups excluding carboxylic acids is 1. The number of anilines is 1. The fourth-order valence-electron chi connectivity index (χ4n) is 2.24. The number of nitrogens with one attached hydrogen (secondary N) is 1. The summed E-state index contributed by atoms with van der Waals surface area (Å²) in [6, 6.07) is 0.239. The molecule has 0 saturated heterocycles. The third kappa shape index (κ3) is 2.34. The summed E-state index contributed by atoms with van der Waals surface area (Å²) in [6.07, 6.45) is 7.79. The van der Waals surface area contributed by atoms with Crippen LogP contribution in [0.15, 0.2) is 18.6 Å². The fraction of sp³-hybridized carbons (Fsp3) is 0.385. The molecule has 3 rings (SSSR count). The van der Waals surface area contributed by atoms with Crippen molar-refractivity contribution >= 4 is 11.7 Å². The van der Waals surface area contributed by atoms with Crippen LogP contribution in [0.3, 0.4) is 0 Å². The number of nitrogens with zero attached hydrogens (tertiary/aromatic N) is 4. The molecule has 0 atom stereocenters. The number of hydrogen-bond acceptors (Lipinski definition) is 5. The van der Waals surface area contributed by atoms with E-state index in [1.807, 2.05) is 4.57 Å². The van der Waals surface area contributed by atoms with E-state index in [0.717, 1.165) is 37.4 Å². The van der Waals surface area contributed by atoms with Crippen molar-refractivity contribution in [2.24, 2.45) is 0 Å². The molecule has 1 N–H and O–H groups in total. The average Bonchev–Trinajstić information content (AvgIpc) is 2.91. The lowest BCUT2D eigenvalue weighted by atomic mass is 10.2. The van der Waals surface area contributed by atoms with Crippen LogP contribution in [0.5, 0.6) is 6.01 Å². The minimum absolute atomic E-state index is 0.239. The first-order valence-electron chi connectivity index (χ1n) is 6.49. The lowest BCUT2D eigenvalue weighted by Gasteiger charge is -2.16. The van der Waals surface area contributed by atoms with Crippen LogP contribution in [0, 0.1) is 0 Å². The van der Waals surface area contributed by atoms with Gasteiger partial charge in [-0.15, -0.1) is 0 Å². The number of fused-ring (bicyclic) bond motifs is 1. The molecule has 0 bridgehead atoms. The summed E-state index contributed by atoms with van der Waals surface area (Å²) in [6.45, 7) is 0.893. The molecule has 0 unspecified atom stereocenters. The molecule has 3 heterocycles. The van der Waals surface area contributed by atoms with E-state index in [1.54, 1.807) is 6.20 Å². The molecule has 0 spiro atoms. The zero-order chi connectivity index (χ0) is 13.9. The van der Waals surface area contributed by atoms with Gasteiger partial charge in [0.2, 0.25) is 0 Å². The molecule has 7 heteroatoms. The van der Waals surface area contributed by atoms with E-state index in [2.05, 4.69) is 20.3 Å². The highest BCUT2D eigenvalue weighted by Crippen LogP contribution is 2.20. The largest absolute Gasteiger partial charge is 0.467 e. The number of aromatic nitrogens is 4. The lowest BCUT2D eigenvalue weighted by Crippen LogP contribution is -2.18. The Bertz CT molecular complexity index is 620. The van der Waals surface area contributed by atoms with Crippen molar-refractivity contribution in [3.05, 3.63) is 30.0 Å². The van der Waals surface area contributed by atoms with Crippen molar-refractivity contribution < 1.29 is 9.53 Å². The molecule has 2 aromatic rings. The van der Waals surface area contributed by atoms with Gasteiger partial charge in [-0.3, -0.25) is 4.79 Å². The summed E-state index contributed by atoms with van der Waals surface area (Å²) in [7, 11) is 1.48. The van der Waals surface area contributed by atoms with Gasteiger partial charge in [0.25, 0.3) is 5.91 Å². The zero-order valence-electron chi connectivity index (χ0n) is 11.2. The van der Waals surface area contributed by atoms with Gasteiger partial charge in [-0.2, -0.15) is 0 Å². The van der Waals surface area contributed by atoms with Crippen molar-refractivity contribution in [2.45, 2.75) is 25.8 Å². The van der Waals surface area contributed by atoms with Gasteiger partial charge in [0.15, 0.2) is 0 Å². The van der Waals surface area contributed by atoms with Crippen molar-refractivity contribution in [3.63, 3.8) is 0 Å². The average molecular weight is 273 g/mol. The highest BCUT2D eigenvalue weighted by Gasteiger charge is 2.16. The molecular weight excluding hydrogens is 258 g/mol. The summed E-state index contributed by atoms with van der Waals surface area (Å²) < 4.78 is 6.91. The van der Waals surface area contributed by atoms with Crippen LogP contribution in [0.2, 0.25) is 0 Å². The molecule has 7 nitrogen and oxygen atoms in total. The Labute approximate surface area is 116 Å². The molecule has 1 aliphatic heterocycles. The Morgan fingerprint density at radius 3 is 2.80 bits per heavy atom. The van der Waals surface area contributed by atoms with Crippen molar-refractivity contribution in [1.82, 2.24) is 19.5 Å². The lowest BCUT2D eigenvalue weighted by molar-refractivity contribution is 0.102. The summed E-state index contributed by atoms with van der Waals surface area (Å²) in [5.41, 5.74) is 0.386. The van der Waals surface area contributed by atoms with Crippen molar-refractivity contribution in [2.75, 3.05) is 12.4 Å². The van der Waals surface area contributed by atoms with Gasteiger partial charge in [0, 0.05) is 25.4 Å². The maximum absolute atomic E-state index is 12.1. The standard InChI is InChI=1S/C13H15N5O2/c1-20-13-15-6-9(7-16-13)12(19)17-11-8-14-10-4-2-3-5-18(10)11/h6-8H,2-5H2,1H3,(H,17,19). The van der Waals surface area contributed by atoms with Gasteiger partial charge >= 0.3 is 6.01 Å². The molecule has 0 aromatic carbocycles. The molecule has 0 aliphatic carbocycles. The predicted molar refractivity (Wildman–Crippen MR) is 71.7 cm³/mol. The van der Waals surface area contributed by atoms with Gasteiger partial charge < -0.3 is 14.6 Å². The monoisotopic (exact) mass is 273 g/mol. The van der Waals surface area contributed by atoms with Crippen LogP contribution in [-0.2, 0) is 13.0 Å². The third-order valence-corrected chi connectivity index (χ3v) is 3.28. The second-order valence-electron chi connectivity index (χ2n) is 4.58. The fourth-order valence-corrected chi connectivity index (χ4v) is 2.24. The minimum atomic E-state index is -0.249. The molecule has 0 fully saturated rings. The molecule has 0 saturated carbocycles. The Morgan fingerprint density at radius 2 is 2.05 bits per heavy atom. The van der Waals surface area contributed by atoms with E-state index in [4.69, 9.17) is 4.74 Å². The van der Waals surface area contributed by atoms with E-state index in [-0.39, 0.29) is 11.9 Å². The van der Waals surface area contributed by atoms with Crippen molar-refractivity contribution in [1.29, 1.82) is 0 Å². The number of methoxy groups -OCH3 is 1. The van der Waals surface area contributed by atoms with E-state index in [9.17, 15) is 4.79 Å². The first-order chi connectivity index (χ1) is 9.78. The van der Waals surface area contributed by atoms with E-state index in [0.29, 0.717) is 5.56 Å². The van der Waals surface area contributed by atoms with Crippen molar-refractivity contribution in [3.8, 4) is 6.01 Å². The smallest absolute Gasteiger partial charge is 0.316 e. The number of hydrogen-bond donors (Lipinski definition) is 1. The SMILES string of the molecule is COc1ncc(C(=O)Nc2cnc3n2CCCC3)cn1. The zero-order valence-corrected chi connectivity index (χ0v) is 11.2. The van der Waals surface area contributed by atoms with E-state index >= 15 is 0 Å². The molecule has 1 amide bonds. The number of imidazole rings is 1. The van der Waals surface area contributed by atoms with Gasteiger partial charge in [0.05, 0.1) is 18.9 Å². The Morgan fingerprint density at radius 1 is 1.25 bits per heavy atom. The predicted octanol–water partition coefficient (Wildman–Crippen LogP) is 1.27. The van der Waals surface area contributed by atoms with Gasteiger partial charge in [-0.25, -0.2) is 15.0 Å². The molecular formula is C13H15N5O2. The maximum atomic E-state index is 12.1. The highest BCUT2D eigenvalue weighted by molar-refractivity contribution is 6.03.